The predicted molar refractivity (Wildman–Crippen MR) is 93.9 cm³/mol. The Labute approximate surface area is 145 Å². The highest BCUT2D eigenvalue weighted by Gasteiger charge is 2.12. The number of hydrogen-bond acceptors (Lipinski definition) is 5. The summed E-state index contributed by atoms with van der Waals surface area (Å²) in [6.45, 7) is 2.12. The van der Waals surface area contributed by atoms with E-state index in [9.17, 15) is 4.79 Å². The molecule has 3 aromatic rings. The number of anilines is 1. The summed E-state index contributed by atoms with van der Waals surface area (Å²) >= 11 is 0. The zero-order valence-corrected chi connectivity index (χ0v) is 14.2. The molecular weight excluding hydrogens is 318 g/mol. The first kappa shape index (κ1) is 16.7. The molecule has 128 valence electrons. The molecule has 0 saturated carbocycles. The fourth-order valence-corrected chi connectivity index (χ4v) is 2.38. The summed E-state index contributed by atoms with van der Waals surface area (Å²) in [5.74, 6) is 0.723. The van der Waals surface area contributed by atoms with Gasteiger partial charge in [-0.05, 0) is 35.7 Å². The molecule has 0 atom stereocenters. The van der Waals surface area contributed by atoms with Crippen LogP contribution in [0.5, 0.6) is 5.75 Å². The van der Waals surface area contributed by atoms with Crippen LogP contribution in [0.25, 0.3) is 0 Å². The van der Waals surface area contributed by atoms with Crippen molar-refractivity contribution >= 4 is 11.9 Å². The fraction of sp³-hybridized carbons (Fsp3) is 0.211. The molecule has 3 rings (SSSR count). The van der Waals surface area contributed by atoms with Gasteiger partial charge in [-0.25, -0.2) is 0 Å². The Morgan fingerprint density at radius 3 is 2.60 bits per heavy atom. The monoisotopic (exact) mass is 337 g/mol. The van der Waals surface area contributed by atoms with Gasteiger partial charge in [-0.3, -0.25) is 10.1 Å². The van der Waals surface area contributed by atoms with E-state index in [-0.39, 0.29) is 11.9 Å². The molecule has 0 radical (unpaired) electrons. The number of aryl methyl sites for hydroxylation is 1. The van der Waals surface area contributed by atoms with E-state index in [1.165, 1.54) is 5.56 Å². The minimum Gasteiger partial charge on any atom is -0.497 e. The molecule has 0 bridgehead atoms. The van der Waals surface area contributed by atoms with E-state index < -0.39 is 0 Å². The summed E-state index contributed by atoms with van der Waals surface area (Å²) in [6, 6.07) is 15.2. The number of aromatic nitrogens is 2. The molecule has 0 spiro atoms. The van der Waals surface area contributed by atoms with Crippen molar-refractivity contribution in [3.63, 3.8) is 0 Å². The molecule has 0 aliphatic rings. The maximum atomic E-state index is 12.2. The summed E-state index contributed by atoms with van der Waals surface area (Å²) in [6.07, 6.45) is 1.52. The molecule has 1 heterocycles. The van der Waals surface area contributed by atoms with E-state index in [2.05, 4.69) is 34.6 Å². The highest BCUT2D eigenvalue weighted by molar-refractivity contribution is 6.03. The molecule has 0 fully saturated rings. The van der Waals surface area contributed by atoms with Crippen molar-refractivity contribution in [1.82, 2.24) is 10.2 Å². The second-order valence-corrected chi connectivity index (χ2v) is 5.53. The Morgan fingerprint density at radius 1 is 1.12 bits per heavy atom. The van der Waals surface area contributed by atoms with Gasteiger partial charge >= 0.3 is 6.01 Å². The Bertz CT molecular complexity index is 856. The van der Waals surface area contributed by atoms with Gasteiger partial charge in [0.15, 0.2) is 0 Å². The summed E-state index contributed by atoms with van der Waals surface area (Å²) in [4.78, 5) is 12.2. The topological polar surface area (TPSA) is 77.2 Å². The van der Waals surface area contributed by atoms with Crippen LogP contribution < -0.4 is 10.1 Å². The van der Waals surface area contributed by atoms with Crippen LogP contribution in [-0.4, -0.2) is 23.2 Å². The number of ether oxygens (including phenoxy) is 1. The minimum absolute atomic E-state index is 0.0769. The first-order valence-corrected chi connectivity index (χ1v) is 8.03. The number of nitrogens with one attached hydrogen (secondary N) is 1. The lowest BCUT2D eigenvalue weighted by Crippen LogP contribution is -2.12. The number of rotatable bonds is 6. The molecule has 0 unspecified atom stereocenters. The minimum atomic E-state index is -0.332. The van der Waals surface area contributed by atoms with Crippen molar-refractivity contribution in [2.45, 2.75) is 19.8 Å². The molecule has 2 aromatic carbocycles. The summed E-state index contributed by atoms with van der Waals surface area (Å²) < 4.78 is 10.6. The smallest absolute Gasteiger partial charge is 0.322 e. The molecule has 0 aliphatic carbocycles. The van der Waals surface area contributed by atoms with Crippen LogP contribution in [0.4, 0.5) is 6.01 Å². The predicted octanol–water partition coefficient (Wildman–Crippen LogP) is 3.48. The third-order valence-corrected chi connectivity index (χ3v) is 3.81. The molecule has 25 heavy (non-hydrogen) atoms. The van der Waals surface area contributed by atoms with E-state index in [4.69, 9.17) is 9.15 Å². The normalized spacial score (nSPS) is 10.5. The average molecular weight is 337 g/mol. The quantitative estimate of drug-likeness (QED) is 0.745. The van der Waals surface area contributed by atoms with E-state index in [0.29, 0.717) is 23.6 Å². The Hall–Kier alpha value is -3.15. The van der Waals surface area contributed by atoms with Crippen LogP contribution in [0.3, 0.4) is 0 Å². The number of carbonyl (C=O) groups is 1. The fourth-order valence-electron chi connectivity index (χ4n) is 2.38. The molecule has 1 N–H and O–H groups in total. The van der Waals surface area contributed by atoms with Gasteiger partial charge in [-0.2, -0.15) is 0 Å². The van der Waals surface area contributed by atoms with Crippen LogP contribution in [0.1, 0.15) is 34.3 Å². The van der Waals surface area contributed by atoms with Crippen LogP contribution >= 0.6 is 0 Å². The number of hydrogen-bond donors (Lipinski definition) is 1. The highest BCUT2D eigenvalue weighted by atomic mass is 16.5. The maximum Gasteiger partial charge on any atom is 0.322 e. The lowest BCUT2D eigenvalue weighted by molar-refractivity contribution is 0.102. The van der Waals surface area contributed by atoms with Crippen molar-refractivity contribution in [2.75, 3.05) is 12.4 Å². The highest BCUT2D eigenvalue weighted by Crippen LogP contribution is 2.16. The molecular formula is C19H19N3O3. The number of amides is 1. The van der Waals surface area contributed by atoms with Crippen LogP contribution in [0, 0.1) is 0 Å². The third-order valence-electron chi connectivity index (χ3n) is 3.81. The van der Waals surface area contributed by atoms with Gasteiger partial charge in [0, 0.05) is 5.56 Å². The van der Waals surface area contributed by atoms with Gasteiger partial charge in [0.05, 0.1) is 13.5 Å². The van der Waals surface area contributed by atoms with Crippen molar-refractivity contribution < 1.29 is 13.9 Å². The van der Waals surface area contributed by atoms with E-state index in [1.807, 2.05) is 12.1 Å². The first-order chi connectivity index (χ1) is 12.2. The lowest BCUT2D eigenvalue weighted by atomic mass is 10.1. The molecule has 1 aromatic heterocycles. The average Bonchev–Trinajstić information content (AvgIpc) is 3.09. The SMILES string of the molecule is CCc1ccc(Cc2nnc(NC(=O)c3cccc(OC)c3)o2)cc1. The van der Waals surface area contributed by atoms with Gasteiger partial charge in [-0.1, -0.05) is 42.4 Å². The number of methoxy groups -OCH3 is 1. The number of nitrogens with zero attached hydrogens (tertiary/aromatic N) is 2. The lowest BCUT2D eigenvalue weighted by Gasteiger charge is -2.03. The van der Waals surface area contributed by atoms with Gasteiger partial charge in [0.1, 0.15) is 5.75 Å². The zero-order chi connectivity index (χ0) is 17.6. The van der Waals surface area contributed by atoms with Crippen molar-refractivity contribution in [3.05, 3.63) is 71.1 Å². The second kappa shape index (κ2) is 7.61. The van der Waals surface area contributed by atoms with Gasteiger partial charge in [0.25, 0.3) is 5.91 Å². The Balaban J connectivity index is 1.65. The van der Waals surface area contributed by atoms with Gasteiger partial charge < -0.3 is 9.15 Å². The maximum absolute atomic E-state index is 12.2. The molecule has 6 nitrogen and oxygen atoms in total. The van der Waals surface area contributed by atoms with E-state index in [1.54, 1.807) is 31.4 Å². The van der Waals surface area contributed by atoms with Gasteiger partial charge in [0.2, 0.25) is 5.89 Å². The molecule has 6 heteroatoms. The Morgan fingerprint density at radius 2 is 1.88 bits per heavy atom. The molecule has 1 amide bonds. The third kappa shape index (κ3) is 4.23. The van der Waals surface area contributed by atoms with E-state index in [0.717, 1.165) is 12.0 Å². The number of carbonyl (C=O) groups excluding carboxylic acids is 1. The summed E-state index contributed by atoms with van der Waals surface area (Å²) in [7, 11) is 1.55. The van der Waals surface area contributed by atoms with Gasteiger partial charge in [-0.15, -0.1) is 5.10 Å². The second-order valence-electron chi connectivity index (χ2n) is 5.53. The standard InChI is InChI=1S/C19H19N3O3/c1-3-13-7-9-14(10-8-13)11-17-21-22-19(25-17)20-18(23)15-5-4-6-16(12-15)24-2/h4-10,12H,3,11H2,1-2H3,(H,20,22,23). The van der Waals surface area contributed by atoms with Crippen LogP contribution in [0.15, 0.2) is 52.9 Å². The van der Waals surface area contributed by atoms with Crippen molar-refractivity contribution in [2.24, 2.45) is 0 Å². The largest absolute Gasteiger partial charge is 0.497 e. The Kier molecular flexibility index (Phi) is 5.09. The summed E-state index contributed by atoms with van der Waals surface area (Å²) in [5, 5.41) is 10.5. The summed E-state index contributed by atoms with van der Waals surface area (Å²) in [5.41, 5.74) is 2.81. The zero-order valence-electron chi connectivity index (χ0n) is 14.2. The molecule has 0 saturated heterocycles. The first-order valence-electron chi connectivity index (χ1n) is 8.03. The number of benzene rings is 2. The molecule has 0 aliphatic heterocycles. The van der Waals surface area contributed by atoms with Crippen molar-refractivity contribution in [3.8, 4) is 5.75 Å². The van der Waals surface area contributed by atoms with Crippen molar-refractivity contribution in [1.29, 1.82) is 0 Å². The van der Waals surface area contributed by atoms with Crippen LogP contribution in [-0.2, 0) is 12.8 Å². The van der Waals surface area contributed by atoms with E-state index >= 15 is 0 Å². The van der Waals surface area contributed by atoms with Crippen LogP contribution in [0.2, 0.25) is 0 Å².